The molecule has 1 aromatic carbocycles. The molecule has 4 heteroatoms. The van der Waals surface area contributed by atoms with E-state index < -0.39 is 5.41 Å². The molecule has 1 aromatic rings. The Labute approximate surface area is 124 Å². The molecule has 3 unspecified atom stereocenters. The zero-order valence-corrected chi connectivity index (χ0v) is 12.6. The van der Waals surface area contributed by atoms with E-state index in [2.05, 4.69) is 5.32 Å². The van der Waals surface area contributed by atoms with Crippen LogP contribution in [0, 0.1) is 11.3 Å². The zero-order valence-electron chi connectivity index (χ0n) is 11.9. The van der Waals surface area contributed by atoms with Crippen LogP contribution in [0.1, 0.15) is 32.3 Å². The number of halogens is 1. The minimum atomic E-state index is -0.552. The van der Waals surface area contributed by atoms with E-state index >= 15 is 0 Å². The van der Waals surface area contributed by atoms with Crippen LogP contribution in [0.5, 0.6) is 0 Å². The number of alkyl halides is 1. The zero-order chi connectivity index (χ0) is 14.8. The van der Waals surface area contributed by atoms with Gasteiger partial charge >= 0.3 is 0 Å². The van der Waals surface area contributed by atoms with Crippen LogP contribution in [0.4, 0.5) is 0 Å². The SMILES string of the molecule is CCC1(C(=O)NC(=O)CCc2ccccc2)C(C)C1Cl. The summed E-state index contributed by atoms with van der Waals surface area (Å²) in [5.41, 5.74) is 0.541. The first kappa shape index (κ1) is 15.0. The molecule has 0 saturated heterocycles. The van der Waals surface area contributed by atoms with Crippen molar-refractivity contribution in [1.29, 1.82) is 0 Å². The minimum Gasteiger partial charge on any atom is -0.296 e. The van der Waals surface area contributed by atoms with Crippen molar-refractivity contribution in [2.24, 2.45) is 11.3 Å². The lowest BCUT2D eigenvalue weighted by Crippen LogP contribution is -2.38. The highest BCUT2D eigenvalue weighted by Crippen LogP contribution is 2.58. The number of nitrogens with one attached hydrogen (secondary N) is 1. The molecule has 0 aliphatic heterocycles. The fraction of sp³-hybridized carbons (Fsp3) is 0.500. The lowest BCUT2D eigenvalue weighted by molar-refractivity contribution is -0.134. The molecular formula is C16H20ClNO2. The van der Waals surface area contributed by atoms with E-state index in [0.29, 0.717) is 19.3 Å². The number of hydrogen-bond acceptors (Lipinski definition) is 2. The minimum absolute atomic E-state index is 0.135. The maximum Gasteiger partial charge on any atom is 0.234 e. The van der Waals surface area contributed by atoms with Gasteiger partial charge in [-0.25, -0.2) is 0 Å². The van der Waals surface area contributed by atoms with E-state index in [1.54, 1.807) is 0 Å². The van der Waals surface area contributed by atoms with Crippen LogP contribution in [-0.4, -0.2) is 17.2 Å². The molecule has 3 nitrogen and oxygen atoms in total. The van der Waals surface area contributed by atoms with Crippen LogP contribution in [0.2, 0.25) is 0 Å². The van der Waals surface area contributed by atoms with Gasteiger partial charge in [0, 0.05) is 6.42 Å². The van der Waals surface area contributed by atoms with Gasteiger partial charge in [0.15, 0.2) is 0 Å². The van der Waals surface area contributed by atoms with Crippen molar-refractivity contribution in [3.63, 3.8) is 0 Å². The summed E-state index contributed by atoms with van der Waals surface area (Å²) in [6.07, 6.45) is 1.62. The number of hydrogen-bond donors (Lipinski definition) is 1. The Kier molecular flexibility index (Phi) is 4.48. The van der Waals surface area contributed by atoms with Gasteiger partial charge in [-0.3, -0.25) is 14.9 Å². The molecule has 3 atom stereocenters. The highest BCUT2D eigenvalue weighted by atomic mass is 35.5. The Morgan fingerprint density at radius 3 is 2.40 bits per heavy atom. The van der Waals surface area contributed by atoms with Crippen molar-refractivity contribution in [3.05, 3.63) is 35.9 Å². The summed E-state index contributed by atoms with van der Waals surface area (Å²) >= 11 is 6.14. The van der Waals surface area contributed by atoms with Crippen LogP contribution in [-0.2, 0) is 16.0 Å². The Morgan fingerprint density at radius 2 is 1.90 bits per heavy atom. The molecule has 0 heterocycles. The van der Waals surface area contributed by atoms with Crippen molar-refractivity contribution in [1.82, 2.24) is 5.32 Å². The summed E-state index contributed by atoms with van der Waals surface area (Å²) in [5.74, 6) is -0.309. The number of carbonyl (C=O) groups excluding carboxylic acids is 2. The topological polar surface area (TPSA) is 46.2 Å². The first-order valence-corrected chi connectivity index (χ1v) is 7.48. The van der Waals surface area contributed by atoms with Gasteiger partial charge < -0.3 is 0 Å². The fourth-order valence-corrected chi connectivity index (χ4v) is 3.40. The molecule has 2 amide bonds. The second kappa shape index (κ2) is 5.96. The fourth-order valence-electron chi connectivity index (χ4n) is 2.79. The summed E-state index contributed by atoms with van der Waals surface area (Å²) in [5, 5.41) is 2.34. The summed E-state index contributed by atoms with van der Waals surface area (Å²) in [6, 6.07) is 9.76. The number of aryl methyl sites for hydroxylation is 1. The van der Waals surface area contributed by atoms with E-state index in [4.69, 9.17) is 11.6 Å². The number of amides is 2. The summed E-state index contributed by atoms with van der Waals surface area (Å²) in [4.78, 5) is 24.0. The Hall–Kier alpha value is -1.35. The van der Waals surface area contributed by atoms with E-state index in [-0.39, 0.29) is 23.1 Å². The van der Waals surface area contributed by atoms with Crippen LogP contribution in [0.3, 0.4) is 0 Å². The van der Waals surface area contributed by atoms with Gasteiger partial charge in [-0.2, -0.15) is 0 Å². The van der Waals surface area contributed by atoms with Crippen molar-refractivity contribution < 1.29 is 9.59 Å². The van der Waals surface area contributed by atoms with Gasteiger partial charge in [-0.15, -0.1) is 11.6 Å². The van der Waals surface area contributed by atoms with Crippen LogP contribution in [0.25, 0.3) is 0 Å². The highest BCUT2D eigenvalue weighted by Gasteiger charge is 2.65. The molecule has 2 rings (SSSR count). The molecule has 1 N–H and O–H groups in total. The van der Waals surface area contributed by atoms with Gasteiger partial charge in [-0.05, 0) is 24.3 Å². The van der Waals surface area contributed by atoms with Crippen LogP contribution >= 0.6 is 11.6 Å². The number of rotatable bonds is 5. The second-order valence-corrected chi connectivity index (χ2v) is 5.92. The Balaban J connectivity index is 1.85. The predicted molar refractivity (Wildman–Crippen MR) is 79.4 cm³/mol. The smallest absolute Gasteiger partial charge is 0.234 e. The normalized spacial score (nSPS) is 27.9. The third-order valence-corrected chi connectivity index (χ3v) is 5.15. The number of carbonyl (C=O) groups is 2. The molecule has 0 aromatic heterocycles. The van der Waals surface area contributed by atoms with Gasteiger partial charge in [0.2, 0.25) is 11.8 Å². The third-order valence-electron chi connectivity index (χ3n) is 4.38. The molecule has 1 saturated carbocycles. The molecule has 1 aliphatic carbocycles. The second-order valence-electron chi connectivity index (χ2n) is 5.45. The van der Waals surface area contributed by atoms with Gasteiger partial charge in [0.05, 0.1) is 10.8 Å². The first-order valence-electron chi connectivity index (χ1n) is 7.04. The maximum atomic E-state index is 12.2. The first-order chi connectivity index (χ1) is 9.52. The van der Waals surface area contributed by atoms with Crippen LogP contribution < -0.4 is 5.32 Å². The summed E-state index contributed by atoms with van der Waals surface area (Å²) < 4.78 is 0. The van der Waals surface area contributed by atoms with E-state index in [1.165, 1.54) is 0 Å². The van der Waals surface area contributed by atoms with Crippen molar-refractivity contribution >= 4 is 23.4 Å². The predicted octanol–water partition coefficient (Wildman–Crippen LogP) is 2.92. The Bertz CT molecular complexity index is 492. The maximum absolute atomic E-state index is 12.2. The van der Waals surface area contributed by atoms with Crippen molar-refractivity contribution in [3.8, 4) is 0 Å². The Morgan fingerprint density at radius 1 is 1.30 bits per heavy atom. The van der Waals surface area contributed by atoms with Gasteiger partial charge in [-0.1, -0.05) is 44.2 Å². The molecule has 0 spiro atoms. The molecular weight excluding hydrogens is 274 g/mol. The number of benzene rings is 1. The standard InChI is InChI=1S/C16H20ClNO2/c1-3-16(11(2)14(16)17)15(20)18-13(19)10-9-12-7-5-4-6-8-12/h4-8,11,14H,3,9-10H2,1-2H3,(H,18,19,20). The average molecular weight is 294 g/mol. The quantitative estimate of drug-likeness (QED) is 0.849. The molecule has 108 valence electrons. The van der Waals surface area contributed by atoms with Crippen molar-refractivity contribution in [2.75, 3.05) is 0 Å². The molecule has 0 bridgehead atoms. The van der Waals surface area contributed by atoms with E-state index in [9.17, 15) is 9.59 Å². The van der Waals surface area contributed by atoms with E-state index in [1.807, 2.05) is 44.2 Å². The average Bonchev–Trinajstić information content (AvgIpc) is 3.00. The third kappa shape index (κ3) is 2.73. The largest absolute Gasteiger partial charge is 0.296 e. The number of imide groups is 1. The van der Waals surface area contributed by atoms with Crippen molar-refractivity contribution in [2.45, 2.75) is 38.5 Å². The lowest BCUT2D eigenvalue weighted by atomic mass is 9.99. The summed E-state index contributed by atoms with van der Waals surface area (Å²) in [6.45, 7) is 3.89. The highest BCUT2D eigenvalue weighted by molar-refractivity contribution is 6.26. The molecule has 0 radical (unpaired) electrons. The lowest BCUT2D eigenvalue weighted by Gasteiger charge is -2.13. The van der Waals surface area contributed by atoms with E-state index in [0.717, 1.165) is 5.56 Å². The van der Waals surface area contributed by atoms with Gasteiger partial charge in [0.25, 0.3) is 0 Å². The van der Waals surface area contributed by atoms with Gasteiger partial charge in [0.1, 0.15) is 0 Å². The van der Waals surface area contributed by atoms with Crippen LogP contribution in [0.15, 0.2) is 30.3 Å². The molecule has 1 fully saturated rings. The monoisotopic (exact) mass is 293 g/mol. The molecule has 1 aliphatic rings. The molecule has 20 heavy (non-hydrogen) atoms. The summed E-state index contributed by atoms with van der Waals surface area (Å²) in [7, 11) is 0.